The van der Waals surface area contributed by atoms with E-state index >= 15 is 0 Å². The fourth-order valence-electron chi connectivity index (χ4n) is 4.69. The Balaban J connectivity index is 2.00. The molecule has 0 aromatic heterocycles. The summed E-state index contributed by atoms with van der Waals surface area (Å²) in [6.45, 7) is 6.76. The van der Waals surface area contributed by atoms with Crippen molar-refractivity contribution in [3.05, 3.63) is 98.6 Å². The minimum Gasteiger partial charge on any atom is -0.355 e. The Bertz CT molecular complexity index is 1410. The van der Waals surface area contributed by atoms with Crippen LogP contribution in [0.5, 0.6) is 0 Å². The van der Waals surface area contributed by atoms with Crippen LogP contribution in [0.4, 0.5) is 32.0 Å². The number of carbonyl (C=O) groups excluding carboxylic acids is 2. The van der Waals surface area contributed by atoms with Gasteiger partial charge in [0.15, 0.2) is 0 Å². The van der Waals surface area contributed by atoms with Crippen LogP contribution in [0.3, 0.4) is 0 Å². The number of nitrogens with one attached hydrogen (secondary N) is 2. The molecule has 0 fully saturated rings. The molecule has 1 atom stereocenters. The van der Waals surface area contributed by atoms with Gasteiger partial charge in [-0.05, 0) is 92.3 Å². The first-order valence-electron chi connectivity index (χ1n) is 11.9. The first-order valence-corrected chi connectivity index (χ1v) is 11.9. The van der Waals surface area contributed by atoms with Crippen LogP contribution in [-0.2, 0) is 11.6 Å². The van der Waals surface area contributed by atoms with Crippen LogP contribution < -0.4 is 10.6 Å². The standard InChI is InChI=1S/C29H28F6N2O2/c1-15-16(2)23(28(30,31)32)18(4)24(17(15)3)37-26(39)20-9-13-22(14-10-20)27(5,29(33,34)35)21-11-7-19(8-12-21)25(38)36-6/h7-14H,1-6H3,(H,36,38)(H,37,39). The zero-order valence-electron chi connectivity index (χ0n) is 22.2. The minimum absolute atomic E-state index is 0.0100. The third-order valence-electron chi connectivity index (χ3n) is 7.39. The Kier molecular flexibility index (Phi) is 7.92. The van der Waals surface area contributed by atoms with Crippen molar-refractivity contribution in [1.82, 2.24) is 5.32 Å². The number of hydrogen-bond donors (Lipinski definition) is 2. The lowest BCUT2D eigenvalue weighted by Gasteiger charge is -2.33. The van der Waals surface area contributed by atoms with E-state index in [0.717, 1.165) is 19.1 Å². The summed E-state index contributed by atoms with van der Waals surface area (Å²) in [5.74, 6) is -1.20. The molecule has 2 amide bonds. The number of amides is 2. The van der Waals surface area contributed by atoms with Crippen molar-refractivity contribution < 1.29 is 35.9 Å². The van der Waals surface area contributed by atoms with E-state index in [0.29, 0.717) is 11.1 Å². The number of alkyl halides is 6. The summed E-state index contributed by atoms with van der Waals surface area (Å²) in [5, 5.41) is 4.92. The Morgan fingerprint density at radius 1 is 0.641 bits per heavy atom. The van der Waals surface area contributed by atoms with Crippen molar-refractivity contribution in [1.29, 1.82) is 0 Å². The molecule has 3 rings (SSSR count). The van der Waals surface area contributed by atoms with Gasteiger partial charge in [-0.25, -0.2) is 0 Å². The maximum absolute atomic E-state index is 14.4. The number of rotatable bonds is 5. The molecular formula is C29H28F6N2O2. The third kappa shape index (κ3) is 5.37. The Hall–Kier alpha value is -3.82. The first-order chi connectivity index (χ1) is 17.9. The molecule has 208 valence electrons. The number of hydrogen-bond acceptors (Lipinski definition) is 2. The van der Waals surface area contributed by atoms with Crippen LogP contribution in [0.15, 0.2) is 48.5 Å². The SMILES string of the molecule is CNC(=O)c1ccc(C(C)(c2ccc(C(=O)Nc3c(C)c(C)c(C)c(C(F)(F)F)c3C)cc2)C(F)(F)F)cc1. The number of carbonyl (C=O) groups is 2. The van der Waals surface area contributed by atoms with Crippen molar-refractivity contribution in [3.8, 4) is 0 Å². The molecule has 0 aliphatic rings. The van der Waals surface area contributed by atoms with Gasteiger partial charge in [0.05, 0.1) is 5.56 Å². The van der Waals surface area contributed by atoms with Crippen LogP contribution in [0.1, 0.15) is 66.6 Å². The molecular weight excluding hydrogens is 522 g/mol. The van der Waals surface area contributed by atoms with E-state index in [-0.39, 0.29) is 39.1 Å². The Labute approximate surface area is 222 Å². The van der Waals surface area contributed by atoms with E-state index in [1.54, 1.807) is 6.92 Å². The van der Waals surface area contributed by atoms with Crippen LogP contribution in [0.2, 0.25) is 0 Å². The van der Waals surface area contributed by atoms with Crippen molar-refractivity contribution in [2.45, 2.75) is 52.4 Å². The van der Waals surface area contributed by atoms with Gasteiger partial charge in [-0.3, -0.25) is 9.59 Å². The number of anilines is 1. The van der Waals surface area contributed by atoms with Gasteiger partial charge in [0, 0.05) is 23.9 Å². The van der Waals surface area contributed by atoms with Crippen LogP contribution in [-0.4, -0.2) is 25.0 Å². The monoisotopic (exact) mass is 550 g/mol. The molecule has 0 aliphatic heterocycles. The van der Waals surface area contributed by atoms with E-state index in [4.69, 9.17) is 0 Å². The first kappa shape index (κ1) is 29.7. The van der Waals surface area contributed by atoms with E-state index < -0.39 is 35.1 Å². The van der Waals surface area contributed by atoms with E-state index in [1.807, 2.05) is 0 Å². The fourth-order valence-corrected chi connectivity index (χ4v) is 4.69. The summed E-state index contributed by atoms with van der Waals surface area (Å²) in [6, 6.07) is 9.76. The van der Waals surface area contributed by atoms with Gasteiger partial charge in [0.2, 0.25) is 0 Å². The van der Waals surface area contributed by atoms with Gasteiger partial charge < -0.3 is 10.6 Å². The maximum atomic E-state index is 14.4. The fraction of sp³-hybridized carbons (Fsp3) is 0.310. The second-order valence-corrected chi connectivity index (χ2v) is 9.56. The molecule has 10 heteroatoms. The summed E-state index contributed by atoms with van der Waals surface area (Å²) in [7, 11) is 1.41. The highest BCUT2D eigenvalue weighted by molar-refractivity contribution is 6.05. The number of halogens is 6. The highest BCUT2D eigenvalue weighted by Gasteiger charge is 2.53. The van der Waals surface area contributed by atoms with E-state index in [2.05, 4.69) is 10.6 Å². The van der Waals surface area contributed by atoms with Crippen LogP contribution >= 0.6 is 0 Å². The quantitative estimate of drug-likeness (QED) is 0.325. The highest BCUT2D eigenvalue weighted by atomic mass is 19.4. The molecule has 0 bridgehead atoms. The molecule has 2 N–H and O–H groups in total. The summed E-state index contributed by atoms with van der Waals surface area (Å²) in [5.41, 5.74) is -2.62. The third-order valence-corrected chi connectivity index (χ3v) is 7.39. The second-order valence-electron chi connectivity index (χ2n) is 9.56. The Morgan fingerprint density at radius 2 is 1.08 bits per heavy atom. The lowest BCUT2D eigenvalue weighted by molar-refractivity contribution is -0.173. The molecule has 39 heavy (non-hydrogen) atoms. The van der Waals surface area contributed by atoms with Gasteiger partial charge in [-0.15, -0.1) is 0 Å². The molecule has 1 unspecified atom stereocenters. The zero-order valence-corrected chi connectivity index (χ0v) is 22.2. The average Bonchev–Trinajstić information content (AvgIpc) is 2.87. The predicted molar refractivity (Wildman–Crippen MR) is 137 cm³/mol. The normalized spacial score (nSPS) is 13.5. The second kappa shape index (κ2) is 10.4. The van der Waals surface area contributed by atoms with Gasteiger partial charge in [-0.1, -0.05) is 24.3 Å². The Morgan fingerprint density at radius 3 is 1.46 bits per heavy atom. The zero-order chi connectivity index (χ0) is 29.5. The highest BCUT2D eigenvalue weighted by Crippen LogP contribution is 2.46. The van der Waals surface area contributed by atoms with Gasteiger partial charge in [-0.2, -0.15) is 26.3 Å². The summed E-state index contributed by atoms with van der Waals surface area (Å²) in [6.07, 6.45) is -9.36. The smallest absolute Gasteiger partial charge is 0.355 e. The maximum Gasteiger partial charge on any atom is 0.417 e. The summed E-state index contributed by atoms with van der Waals surface area (Å²) < 4.78 is 84.3. The van der Waals surface area contributed by atoms with Gasteiger partial charge >= 0.3 is 12.4 Å². The molecule has 3 aromatic rings. The molecule has 3 aromatic carbocycles. The van der Waals surface area contributed by atoms with Crippen LogP contribution in [0, 0.1) is 27.7 Å². The number of benzene rings is 3. The lowest BCUT2D eigenvalue weighted by atomic mass is 9.75. The summed E-state index contributed by atoms with van der Waals surface area (Å²) >= 11 is 0. The van der Waals surface area contributed by atoms with Crippen molar-refractivity contribution in [2.75, 3.05) is 12.4 Å². The lowest BCUT2D eigenvalue weighted by Crippen LogP contribution is -2.40. The van der Waals surface area contributed by atoms with Crippen LogP contribution in [0.25, 0.3) is 0 Å². The van der Waals surface area contributed by atoms with E-state index in [9.17, 15) is 35.9 Å². The van der Waals surface area contributed by atoms with Crippen molar-refractivity contribution in [3.63, 3.8) is 0 Å². The molecule has 0 heterocycles. The molecule has 4 nitrogen and oxygen atoms in total. The molecule has 0 aliphatic carbocycles. The topological polar surface area (TPSA) is 58.2 Å². The van der Waals surface area contributed by atoms with Crippen molar-refractivity contribution >= 4 is 17.5 Å². The summed E-state index contributed by atoms with van der Waals surface area (Å²) in [4.78, 5) is 24.8. The average molecular weight is 551 g/mol. The van der Waals surface area contributed by atoms with Crippen molar-refractivity contribution in [2.24, 2.45) is 0 Å². The largest absolute Gasteiger partial charge is 0.417 e. The van der Waals surface area contributed by atoms with Gasteiger partial charge in [0.1, 0.15) is 5.41 Å². The molecule has 0 radical (unpaired) electrons. The van der Waals surface area contributed by atoms with Gasteiger partial charge in [0.25, 0.3) is 11.8 Å². The molecule has 0 saturated carbocycles. The molecule has 0 saturated heterocycles. The molecule has 0 spiro atoms. The predicted octanol–water partition coefficient (Wildman–Crippen LogP) is 7.42. The minimum atomic E-state index is -4.73. The van der Waals surface area contributed by atoms with E-state index in [1.165, 1.54) is 64.2 Å².